The molecule has 202 valence electrons. The Morgan fingerprint density at radius 1 is 0.925 bits per heavy atom. The van der Waals surface area contributed by atoms with Crippen molar-refractivity contribution in [2.45, 2.75) is 38.8 Å². The number of allylic oxidation sites excluding steroid dienone is 2. The summed E-state index contributed by atoms with van der Waals surface area (Å²) in [5, 5.41) is 3.83. The summed E-state index contributed by atoms with van der Waals surface area (Å²) in [6.07, 6.45) is 7.71. The van der Waals surface area contributed by atoms with Crippen LogP contribution >= 0.6 is 15.9 Å². The van der Waals surface area contributed by atoms with Crippen molar-refractivity contribution >= 4 is 33.5 Å². The molecule has 0 aromatic heterocycles. The van der Waals surface area contributed by atoms with E-state index in [1.165, 1.54) is 22.4 Å². The third-order valence-corrected chi connectivity index (χ3v) is 8.24. The van der Waals surface area contributed by atoms with E-state index in [4.69, 9.17) is 14.5 Å². The highest BCUT2D eigenvalue weighted by molar-refractivity contribution is 9.10. The SMILES string of the molecule is CCOc1cc(C=Nc2ccc([C@@H]3Nc4ccc(C)cc4[C@H]4C=CC[C@H]43)cc2)ccc1OCc1ccc(Br)cc1. The Morgan fingerprint density at radius 2 is 1.75 bits per heavy atom. The molecular weight excluding hydrogens is 560 g/mol. The number of nitrogens with one attached hydrogen (secondary N) is 1. The lowest BCUT2D eigenvalue weighted by molar-refractivity contribution is 0.269. The van der Waals surface area contributed by atoms with E-state index in [1.54, 1.807) is 0 Å². The minimum absolute atomic E-state index is 0.284. The largest absolute Gasteiger partial charge is 0.490 e. The van der Waals surface area contributed by atoms with Gasteiger partial charge in [0.15, 0.2) is 11.5 Å². The van der Waals surface area contributed by atoms with Crippen LogP contribution < -0.4 is 14.8 Å². The first-order valence-corrected chi connectivity index (χ1v) is 14.7. The maximum Gasteiger partial charge on any atom is 0.161 e. The van der Waals surface area contributed by atoms with Crippen LogP contribution in [0.4, 0.5) is 11.4 Å². The van der Waals surface area contributed by atoms with Gasteiger partial charge in [0.05, 0.1) is 18.3 Å². The van der Waals surface area contributed by atoms with Crippen molar-refractivity contribution in [1.29, 1.82) is 0 Å². The van der Waals surface area contributed by atoms with Crippen molar-refractivity contribution in [3.05, 3.63) is 129 Å². The molecular formula is C35H33BrN2O2. The van der Waals surface area contributed by atoms with E-state index in [2.05, 4.69) is 82.8 Å². The predicted molar refractivity (Wildman–Crippen MR) is 167 cm³/mol. The number of hydrogen-bond acceptors (Lipinski definition) is 4. The molecule has 1 aliphatic carbocycles. The lowest BCUT2D eigenvalue weighted by Gasteiger charge is -2.37. The molecule has 0 fully saturated rings. The zero-order valence-corrected chi connectivity index (χ0v) is 24.4. The van der Waals surface area contributed by atoms with E-state index in [9.17, 15) is 0 Å². The van der Waals surface area contributed by atoms with E-state index >= 15 is 0 Å². The van der Waals surface area contributed by atoms with Gasteiger partial charge >= 0.3 is 0 Å². The van der Waals surface area contributed by atoms with Crippen LogP contribution in [0.25, 0.3) is 0 Å². The summed E-state index contributed by atoms with van der Waals surface area (Å²) in [5.41, 5.74) is 8.27. The zero-order valence-electron chi connectivity index (χ0n) is 22.8. The standard InChI is InChI=1S/C35H33BrN2O2/c1-3-39-34-20-25(10-18-33(34)40-22-24-8-13-27(36)14-9-24)21-37-28-15-11-26(12-16-28)35-30-6-4-5-29(30)31-19-23(2)7-17-32(31)38-35/h4-5,7-21,29-30,35,38H,3,6,22H2,1-2H3/t29-,30+,35-/m0/s1. The molecule has 0 amide bonds. The number of fused-ring (bicyclic) bond motifs is 3. The van der Waals surface area contributed by atoms with Crippen LogP contribution in [0.5, 0.6) is 11.5 Å². The van der Waals surface area contributed by atoms with Crippen molar-refractivity contribution in [1.82, 2.24) is 0 Å². The average molecular weight is 594 g/mol. The van der Waals surface area contributed by atoms with Gasteiger partial charge in [-0.3, -0.25) is 4.99 Å². The van der Waals surface area contributed by atoms with Gasteiger partial charge in [0.2, 0.25) is 0 Å². The van der Waals surface area contributed by atoms with Gasteiger partial charge < -0.3 is 14.8 Å². The Morgan fingerprint density at radius 3 is 2.55 bits per heavy atom. The molecule has 4 aromatic carbocycles. The summed E-state index contributed by atoms with van der Waals surface area (Å²) < 4.78 is 13.0. The molecule has 4 nitrogen and oxygen atoms in total. The zero-order chi connectivity index (χ0) is 27.5. The van der Waals surface area contributed by atoms with Gasteiger partial charge in [-0.05, 0) is 97.0 Å². The molecule has 0 unspecified atom stereocenters. The second kappa shape index (κ2) is 11.7. The molecule has 40 heavy (non-hydrogen) atoms. The molecule has 0 saturated heterocycles. The predicted octanol–water partition coefficient (Wildman–Crippen LogP) is 9.31. The summed E-state index contributed by atoms with van der Waals surface area (Å²) in [4.78, 5) is 4.75. The highest BCUT2D eigenvalue weighted by Gasteiger charge is 2.37. The fourth-order valence-electron chi connectivity index (χ4n) is 5.69. The summed E-state index contributed by atoms with van der Waals surface area (Å²) in [6, 6.07) is 29.7. The van der Waals surface area contributed by atoms with Crippen LogP contribution in [0.3, 0.4) is 0 Å². The van der Waals surface area contributed by atoms with Crippen molar-refractivity contribution in [2.24, 2.45) is 10.9 Å². The summed E-state index contributed by atoms with van der Waals surface area (Å²) >= 11 is 3.47. The quantitative estimate of drug-likeness (QED) is 0.164. The molecule has 1 N–H and O–H groups in total. The first-order valence-electron chi connectivity index (χ1n) is 13.9. The smallest absolute Gasteiger partial charge is 0.161 e. The second-order valence-corrected chi connectivity index (χ2v) is 11.4. The van der Waals surface area contributed by atoms with Gasteiger partial charge in [-0.15, -0.1) is 0 Å². The molecule has 1 aliphatic heterocycles. The molecule has 0 saturated carbocycles. The highest BCUT2D eigenvalue weighted by Crippen LogP contribution is 2.50. The van der Waals surface area contributed by atoms with Gasteiger partial charge in [0.1, 0.15) is 6.61 Å². The van der Waals surface area contributed by atoms with Crippen LogP contribution in [-0.2, 0) is 6.61 Å². The number of anilines is 1. The van der Waals surface area contributed by atoms with E-state index in [1.807, 2.05) is 55.6 Å². The van der Waals surface area contributed by atoms with Gasteiger partial charge in [-0.2, -0.15) is 0 Å². The fraction of sp³-hybridized carbons (Fsp3) is 0.229. The van der Waals surface area contributed by atoms with Gasteiger partial charge in [-0.1, -0.05) is 70.0 Å². The van der Waals surface area contributed by atoms with Gasteiger partial charge in [0, 0.05) is 22.3 Å². The number of aryl methyl sites for hydroxylation is 1. The van der Waals surface area contributed by atoms with Crippen LogP contribution in [0.2, 0.25) is 0 Å². The van der Waals surface area contributed by atoms with Crippen LogP contribution in [0.1, 0.15) is 53.1 Å². The highest BCUT2D eigenvalue weighted by atomic mass is 79.9. The maximum atomic E-state index is 6.07. The topological polar surface area (TPSA) is 42.8 Å². The van der Waals surface area contributed by atoms with Crippen LogP contribution in [0.15, 0.2) is 107 Å². The fourth-order valence-corrected chi connectivity index (χ4v) is 5.96. The number of halogens is 1. The summed E-state index contributed by atoms with van der Waals surface area (Å²) in [7, 11) is 0. The van der Waals surface area contributed by atoms with E-state index in [0.29, 0.717) is 25.0 Å². The number of rotatable bonds is 8. The number of benzene rings is 4. The number of ether oxygens (including phenoxy) is 2. The second-order valence-electron chi connectivity index (χ2n) is 10.5. The molecule has 2 aliphatic rings. The molecule has 0 spiro atoms. The molecule has 0 radical (unpaired) electrons. The number of aliphatic imine (C=N–C) groups is 1. The first kappa shape index (κ1) is 26.4. The van der Waals surface area contributed by atoms with Crippen molar-refractivity contribution in [2.75, 3.05) is 11.9 Å². The summed E-state index contributed by atoms with van der Waals surface area (Å²) in [6.45, 7) is 5.19. The Kier molecular flexibility index (Phi) is 7.74. The normalized spacial score (nSPS) is 19.2. The molecule has 5 heteroatoms. The van der Waals surface area contributed by atoms with E-state index in [-0.39, 0.29) is 6.04 Å². The Bertz CT molecular complexity index is 1540. The van der Waals surface area contributed by atoms with Crippen molar-refractivity contribution in [3.63, 3.8) is 0 Å². The number of hydrogen-bond donors (Lipinski definition) is 1. The van der Waals surface area contributed by atoms with E-state index in [0.717, 1.165) is 39.2 Å². The molecule has 3 atom stereocenters. The number of nitrogens with zero attached hydrogens (tertiary/aromatic N) is 1. The van der Waals surface area contributed by atoms with Crippen LogP contribution in [-0.4, -0.2) is 12.8 Å². The lowest BCUT2D eigenvalue weighted by Crippen LogP contribution is -2.29. The van der Waals surface area contributed by atoms with Gasteiger partial charge in [0.25, 0.3) is 0 Å². The molecule has 0 bridgehead atoms. The monoisotopic (exact) mass is 592 g/mol. The third-order valence-electron chi connectivity index (χ3n) is 7.71. The van der Waals surface area contributed by atoms with Crippen LogP contribution in [0, 0.1) is 12.8 Å². The minimum Gasteiger partial charge on any atom is -0.490 e. The van der Waals surface area contributed by atoms with Crippen molar-refractivity contribution < 1.29 is 9.47 Å². The first-order chi connectivity index (χ1) is 19.6. The molecule has 1 heterocycles. The van der Waals surface area contributed by atoms with Crippen molar-refractivity contribution in [3.8, 4) is 11.5 Å². The Labute approximate surface area is 244 Å². The maximum absolute atomic E-state index is 6.07. The molecule has 6 rings (SSSR count). The third kappa shape index (κ3) is 5.71. The summed E-state index contributed by atoms with van der Waals surface area (Å²) in [5.74, 6) is 2.45. The Balaban J connectivity index is 1.15. The Hall–Kier alpha value is -3.83. The molecule has 4 aromatic rings. The lowest BCUT2D eigenvalue weighted by atomic mass is 9.76. The minimum atomic E-state index is 0.284. The van der Waals surface area contributed by atoms with E-state index < -0.39 is 0 Å². The van der Waals surface area contributed by atoms with Gasteiger partial charge in [-0.25, -0.2) is 0 Å². The average Bonchev–Trinajstić information content (AvgIpc) is 3.47.